The number of aromatic nitrogens is 3. The number of rotatable bonds is 4. The molecule has 0 saturated heterocycles. The first-order valence-corrected chi connectivity index (χ1v) is 10.3. The molecule has 0 unspecified atom stereocenters. The van der Waals surface area contributed by atoms with Gasteiger partial charge in [-0.15, -0.1) is 11.3 Å². The number of thiazole rings is 1. The number of benzene rings is 1. The van der Waals surface area contributed by atoms with Gasteiger partial charge >= 0.3 is 0 Å². The zero-order chi connectivity index (χ0) is 21.0. The number of fused-ring (bicyclic) bond motifs is 1. The van der Waals surface area contributed by atoms with Gasteiger partial charge in [0.1, 0.15) is 5.75 Å². The summed E-state index contributed by atoms with van der Waals surface area (Å²) in [7, 11) is 0. The number of carbonyl (C=O) groups excluding carboxylic acids is 1. The number of anilines is 1. The van der Waals surface area contributed by atoms with E-state index >= 15 is 0 Å². The van der Waals surface area contributed by atoms with E-state index in [9.17, 15) is 4.79 Å². The van der Waals surface area contributed by atoms with Crippen LogP contribution in [0.1, 0.15) is 5.69 Å². The first-order valence-electron chi connectivity index (χ1n) is 9.44. The lowest BCUT2D eigenvalue weighted by atomic mass is 10.1. The Morgan fingerprint density at radius 3 is 2.97 bits per heavy atom. The molecule has 31 heavy (non-hydrogen) atoms. The fourth-order valence-electron chi connectivity index (χ4n) is 3.03. The molecule has 3 aromatic heterocycles. The standard InChI is InChI=1S/C22H16N6O2S/c29-21-13-30-20-7-6-15(10-18(20)27-21)19-14-31-22(26-17-5-3-8-23-11-17)28(19)25-12-16-4-1-2-9-24-16/h1-12,14H,13H2,(H,27,29). The molecule has 0 radical (unpaired) electrons. The Kier molecular flexibility index (Phi) is 5.07. The molecule has 9 heteroatoms. The molecule has 1 aromatic carbocycles. The molecule has 0 fully saturated rings. The molecule has 0 bridgehead atoms. The average molecular weight is 428 g/mol. The van der Waals surface area contributed by atoms with Crippen molar-refractivity contribution in [2.75, 3.05) is 11.9 Å². The second-order valence-electron chi connectivity index (χ2n) is 6.59. The van der Waals surface area contributed by atoms with Crippen LogP contribution in [0.15, 0.2) is 82.6 Å². The summed E-state index contributed by atoms with van der Waals surface area (Å²) in [5.74, 6) is 0.464. The number of pyridine rings is 2. The fourth-order valence-corrected chi connectivity index (χ4v) is 3.89. The van der Waals surface area contributed by atoms with Crippen molar-refractivity contribution >= 4 is 34.8 Å². The molecule has 5 rings (SSSR count). The van der Waals surface area contributed by atoms with Gasteiger partial charge in [0.2, 0.25) is 4.80 Å². The smallest absolute Gasteiger partial charge is 0.262 e. The monoisotopic (exact) mass is 428 g/mol. The van der Waals surface area contributed by atoms with Crippen LogP contribution in [0.25, 0.3) is 11.3 Å². The van der Waals surface area contributed by atoms with Crippen molar-refractivity contribution in [1.82, 2.24) is 14.6 Å². The van der Waals surface area contributed by atoms with E-state index in [0.717, 1.165) is 22.6 Å². The zero-order valence-corrected chi connectivity index (χ0v) is 17.0. The van der Waals surface area contributed by atoms with Gasteiger partial charge in [-0.3, -0.25) is 14.8 Å². The molecule has 1 N–H and O–H groups in total. The molecule has 0 saturated carbocycles. The number of nitrogens with one attached hydrogen (secondary N) is 1. The van der Waals surface area contributed by atoms with Crippen LogP contribution in [-0.2, 0) is 4.79 Å². The van der Waals surface area contributed by atoms with E-state index in [1.54, 1.807) is 29.5 Å². The molecular weight excluding hydrogens is 412 g/mol. The Bertz CT molecular complexity index is 1330. The molecule has 0 spiro atoms. The van der Waals surface area contributed by atoms with Crippen LogP contribution in [0, 0.1) is 0 Å². The number of hydrogen-bond donors (Lipinski definition) is 1. The fraction of sp³-hybridized carbons (Fsp3) is 0.0455. The maximum atomic E-state index is 11.7. The summed E-state index contributed by atoms with van der Waals surface area (Å²) in [5, 5.41) is 9.46. The summed E-state index contributed by atoms with van der Waals surface area (Å²) in [4.78, 5) is 25.5. The highest BCUT2D eigenvalue weighted by atomic mass is 32.1. The predicted molar refractivity (Wildman–Crippen MR) is 119 cm³/mol. The molecule has 4 aromatic rings. The van der Waals surface area contributed by atoms with Gasteiger partial charge in [-0.05, 0) is 42.5 Å². The van der Waals surface area contributed by atoms with Crippen LogP contribution in [0.2, 0.25) is 0 Å². The molecule has 0 atom stereocenters. The molecular formula is C22H16N6O2S. The van der Waals surface area contributed by atoms with Crippen molar-refractivity contribution in [2.45, 2.75) is 0 Å². The average Bonchev–Trinajstić information content (AvgIpc) is 3.21. The van der Waals surface area contributed by atoms with Crippen LogP contribution in [0.4, 0.5) is 11.4 Å². The van der Waals surface area contributed by atoms with Gasteiger partial charge in [0.05, 0.1) is 35.2 Å². The molecule has 0 aliphatic carbocycles. The van der Waals surface area contributed by atoms with Crippen LogP contribution in [0.3, 0.4) is 0 Å². The van der Waals surface area contributed by atoms with Gasteiger partial charge in [0.15, 0.2) is 6.61 Å². The Hall–Kier alpha value is -4.11. The summed E-state index contributed by atoms with van der Waals surface area (Å²) < 4.78 is 7.22. The van der Waals surface area contributed by atoms with E-state index in [2.05, 4.69) is 25.4 Å². The van der Waals surface area contributed by atoms with E-state index in [1.165, 1.54) is 11.3 Å². The molecule has 1 aliphatic heterocycles. The third-order valence-corrected chi connectivity index (χ3v) is 5.27. The van der Waals surface area contributed by atoms with E-state index in [0.29, 0.717) is 16.2 Å². The van der Waals surface area contributed by atoms with Crippen LogP contribution in [0.5, 0.6) is 5.75 Å². The molecule has 4 heterocycles. The highest BCUT2D eigenvalue weighted by molar-refractivity contribution is 7.07. The van der Waals surface area contributed by atoms with Gasteiger partial charge in [-0.25, -0.2) is 9.67 Å². The van der Waals surface area contributed by atoms with Crippen molar-refractivity contribution in [1.29, 1.82) is 0 Å². The van der Waals surface area contributed by atoms with E-state index < -0.39 is 0 Å². The summed E-state index contributed by atoms with van der Waals surface area (Å²) in [6, 6.07) is 15.0. The quantitative estimate of drug-likeness (QED) is 0.504. The van der Waals surface area contributed by atoms with Gasteiger partial charge < -0.3 is 10.1 Å². The summed E-state index contributed by atoms with van der Waals surface area (Å²) >= 11 is 1.45. The van der Waals surface area contributed by atoms with Crippen molar-refractivity contribution in [3.63, 3.8) is 0 Å². The second-order valence-corrected chi connectivity index (χ2v) is 7.42. The van der Waals surface area contributed by atoms with Gasteiger partial charge in [0, 0.05) is 23.3 Å². The predicted octanol–water partition coefficient (Wildman–Crippen LogP) is 3.45. The Morgan fingerprint density at radius 1 is 1.16 bits per heavy atom. The third-order valence-electron chi connectivity index (χ3n) is 4.46. The van der Waals surface area contributed by atoms with Gasteiger partial charge in [0.25, 0.3) is 5.91 Å². The van der Waals surface area contributed by atoms with Crippen molar-refractivity contribution in [2.24, 2.45) is 10.1 Å². The highest BCUT2D eigenvalue weighted by Gasteiger charge is 2.17. The van der Waals surface area contributed by atoms with Crippen LogP contribution < -0.4 is 14.9 Å². The van der Waals surface area contributed by atoms with Crippen molar-refractivity contribution < 1.29 is 9.53 Å². The number of carbonyl (C=O) groups is 1. The Labute approximate surface area is 181 Å². The first-order chi connectivity index (χ1) is 15.3. The highest BCUT2D eigenvalue weighted by Crippen LogP contribution is 2.33. The minimum Gasteiger partial charge on any atom is -0.482 e. The summed E-state index contributed by atoms with van der Waals surface area (Å²) in [6.45, 7) is 0.0211. The van der Waals surface area contributed by atoms with Crippen LogP contribution in [-0.4, -0.2) is 33.4 Å². The van der Waals surface area contributed by atoms with Gasteiger partial charge in [-0.2, -0.15) is 5.10 Å². The number of hydrogen-bond acceptors (Lipinski definition) is 7. The van der Waals surface area contributed by atoms with E-state index in [1.807, 2.05) is 53.9 Å². The normalized spacial score (nSPS) is 13.7. The third kappa shape index (κ3) is 4.12. The summed E-state index contributed by atoms with van der Waals surface area (Å²) in [5.41, 5.74) is 3.77. The lowest BCUT2D eigenvalue weighted by Crippen LogP contribution is -2.25. The molecule has 8 nitrogen and oxygen atoms in total. The molecule has 1 aliphatic rings. The molecule has 152 valence electrons. The van der Waals surface area contributed by atoms with Crippen molar-refractivity contribution in [3.8, 4) is 17.0 Å². The maximum absolute atomic E-state index is 11.7. The zero-order valence-electron chi connectivity index (χ0n) is 16.2. The van der Waals surface area contributed by atoms with Crippen LogP contribution >= 0.6 is 11.3 Å². The minimum absolute atomic E-state index is 0.0211. The lowest BCUT2D eigenvalue weighted by molar-refractivity contribution is -0.118. The SMILES string of the molecule is O=C1COc2ccc(-c3csc(=Nc4cccnc4)n3N=Cc3ccccn3)cc2N1. The van der Waals surface area contributed by atoms with Crippen molar-refractivity contribution in [3.05, 3.63) is 83.0 Å². The van der Waals surface area contributed by atoms with E-state index in [-0.39, 0.29) is 12.5 Å². The Balaban J connectivity index is 1.62. The Morgan fingerprint density at radius 2 is 2.13 bits per heavy atom. The maximum Gasteiger partial charge on any atom is 0.262 e. The summed E-state index contributed by atoms with van der Waals surface area (Å²) in [6.07, 6.45) is 6.79. The lowest BCUT2D eigenvalue weighted by Gasteiger charge is -2.18. The van der Waals surface area contributed by atoms with E-state index in [4.69, 9.17) is 4.74 Å². The molecule has 1 amide bonds. The second kappa shape index (κ2) is 8.33. The van der Waals surface area contributed by atoms with Gasteiger partial charge in [-0.1, -0.05) is 6.07 Å². The minimum atomic E-state index is -0.178. The largest absolute Gasteiger partial charge is 0.482 e. The topological polar surface area (TPSA) is 93.8 Å². The number of amides is 1. The first kappa shape index (κ1) is 18.9. The number of ether oxygens (including phenoxy) is 1. The number of nitrogens with zero attached hydrogens (tertiary/aromatic N) is 5.